The van der Waals surface area contributed by atoms with E-state index in [-0.39, 0.29) is 17.0 Å². The molecule has 0 bridgehead atoms. The Balaban J connectivity index is 3.27. The largest absolute Gasteiger partial charge is 0.493 e. The smallest absolute Gasteiger partial charge is 0.286 e. The Bertz CT molecular complexity index is 502. The second kappa shape index (κ2) is 7.32. The van der Waals surface area contributed by atoms with E-state index in [1.54, 1.807) is 6.92 Å². The number of ether oxygens (including phenoxy) is 2. The predicted molar refractivity (Wildman–Crippen MR) is 73.4 cm³/mol. The van der Waals surface area contributed by atoms with Gasteiger partial charge in [0.1, 0.15) is 5.56 Å². The third-order valence-corrected chi connectivity index (χ3v) is 2.56. The van der Waals surface area contributed by atoms with Crippen molar-refractivity contribution in [3.05, 3.63) is 27.8 Å². The van der Waals surface area contributed by atoms with Crippen molar-refractivity contribution in [1.29, 1.82) is 0 Å². The number of hydrogen-bond acceptors (Lipinski definition) is 5. The maximum atomic E-state index is 12.0. The van der Waals surface area contributed by atoms with Crippen LogP contribution in [0.5, 0.6) is 11.5 Å². The van der Waals surface area contributed by atoms with E-state index in [0.717, 1.165) is 6.42 Å². The monoisotopic (exact) mass is 282 g/mol. The van der Waals surface area contributed by atoms with E-state index in [1.807, 2.05) is 6.92 Å². The van der Waals surface area contributed by atoms with Crippen LogP contribution in [0.15, 0.2) is 12.1 Å². The van der Waals surface area contributed by atoms with Gasteiger partial charge in [0.25, 0.3) is 11.6 Å². The number of hydrogen-bond donors (Lipinski definition) is 1. The van der Waals surface area contributed by atoms with Crippen molar-refractivity contribution in [3.8, 4) is 11.5 Å². The number of carbonyl (C=O) groups is 1. The van der Waals surface area contributed by atoms with E-state index in [4.69, 9.17) is 9.47 Å². The van der Waals surface area contributed by atoms with Crippen LogP contribution >= 0.6 is 0 Å². The Morgan fingerprint density at radius 3 is 2.55 bits per heavy atom. The van der Waals surface area contributed by atoms with Crippen molar-refractivity contribution < 1.29 is 19.2 Å². The Hall–Kier alpha value is -2.31. The van der Waals surface area contributed by atoms with E-state index >= 15 is 0 Å². The molecule has 1 amide bonds. The Kier molecular flexibility index (Phi) is 5.76. The van der Waals surface area contributed by atoms with Gasteiger partial charge in [-0.05, 0) is 13.3 Å². The van der Waals surface area contributed by atoms with Crippen LogP contribution in [-0.4, -0.2) is 31.1 Å². The average Bonchev–Trinajstić information content (AvgIpc) is 2.44. The Morgan fingerprint density at radius 1 is 1.35 bits per heavy atom. The SMILES string of the molecule is CCCNC(=O)c1cc(OCC)c(OC)cc1[N+](=O)[O-]. The summed E-state index contributed by atoms with van der Waals surface area (Å²) >= 11 is 0. The van der Waals surface area contributed by atoms with E-state index in [0.29, 0.717) is 18.9 Å². The van der Waals surface area contributed by atoms with Crippen LogP contribution in [-0.2, 0) is 0 Å². The lowest BCUT2D eigenvalue weighted by Gasteiger charge is -2.11. The summed E-state index contributed by atoms with van der Waals surface area (Å²) in [5.74, 6) is 0.0370. The van der Waals surface area contributed by atoms with Crippen molar-refractivity contribution in [3.63, 3.8) is 0 Å². The molecule has 1 aromatic carbocycles. The summed E-state index contributed by atoms with van der Waals surface area (Å²) in [5, 5.41) is 13.7. The van der Waals surface area contributed by atoms with Crippen LogP contribution in [0.1, 0.15) is 30.6 Å². The van der Waals surface area contributed by atoms with Crippen molar-refractivity contribution in [2.24, 2.45) is 0 Å². The molecule has 7 heteroatoms. The highest BCUT2D eigenvalue weighted by Gasteiger charge is 2.24. The number of amides is 1. The highest BCUT2D eigenvalue weighted by Crippen LogP contribution is 2.34. The molecule has 0 aliphatic rings. The third kappa shape index (κ3) is 3.59. The second-order valence-corrected chi connectivity index (χ2v) is 3.97. The van der Waals surface area contributed by atoms with Gasteiger partial charge in [0.15, 0.2) is 11.5 Å². The summed E-state index contributed by atoms with van der Waals surface area (Å²) in [6.07, 6.45) is 0.744. The Morgan fingerprint density at radius 2 is 2.05 bits per heavy atom. The molecule has 0 aliphatic heterocycles. The van der Waals surface area contributed by atoms with Crippen molar-refractivity contribution >= 4 is 11.6 Å². The molecule has 0 saturated heterocycles. The fourth-order valence-corrected chi connectivity index (χ4v) is 1.64. The number of nitro groups is 1. The highest BCUT2D eigenvalue weighted by atomic mass is 16.6. The van der Waals surface area contributed by atoms with Crippen LogP contribution in [0.25, 0.3) is 0 Å². The first-order valence-corrected chi connectivity index (χ1v) is 6.32. The molecule has 1 rings (SSSR count). The van der Waals surface area contributed by atoms with E-state index in [1.165, 1.54) is 19.2 Å². The molecule has 0 heterocycles. The molecule has 0 aliphatic carbocycles. The molecule has 0 saturated carbocycles. The van der Waals surface area contributed by atoms with Gasteiger partial charge in [0.2, 0.25) is 0 Å². The van der Waals surface area contributed by atoms with Crippen LogP contribution < -0.4 is 14.8 Å². The molecule has 110 valence electrons. The zero-order valence-electron chi connectivity index (χ0n) is 11.8. The molecule has 0 spiro atoms. The highest BCUT2D eigenvalue weighted by molar-refractivity contribution is 5.99. The molecular formula is C13H18N2O5. The average molecular weight is 282 g/mol. The number of benzene rings is 1. The van der Waals surface area contributed by atoms with Gasteiger partial charge in [-0.15, -0.1) is 0 Å². The number of nitro benzene ring substituents is 1. The third-order valence-electron chi connectivity index (χ3n) is 2.56. The normalized spacial score (nSPS) is 9.95. The zero-order chi connectivity index (χ0) is 15.1. The fraction of sp³-hybridized carbons (Fsp3) is 0.462. The molecule has 0 aromatic heterocycles. The number of nitrogens with one attached hydrogen (secondary N) is 1. The molecule has 1 aromatic rings. The van der Waals surface area contributed by atoms with Gasteiger partial charge < -0.3 is 14.8 Å². The summed E-state index contributed by atoms with van der Waals surface area (Å²) < 4.78 is 10.4. The molecule has 0 fully saturated rings. The standard InChI is InChI=1S/C13H18N2O5/c1-4-6-14-13(16)9-7-12(20-5-2)11(19-3)8-10(9)15(17)18/h7-8H,4-6H2,1-3H3,(H,14,16). The fourth-order valence-electron chi connectivity index (χ4n) is 1.64. The van der Waals surface area contributed by atoms with Gasteiger partial charge in [-0.3, -0.25) is 14.9 Å². The number of nitrogens with zero attached hydrogens (tertiary/aromatic N) is 1. The molecule has 20 heavy (non-hydrogen) atoms. The first-order chi connectivity index (χ1) is 9.54. The minimum absolute atomic E-state index is 0.0345. The van der Waals surface area contributed by atoms with Crippen LogP contribution in [0.3, 0.4) is 0 Å². The number of rotatable bonds is 7. The van der Waals surface area contributed by atoms with Crippen LogP contribution in [0.2, 0.25) is 0 Å². The minimum Gasteiger partial charge on any atom is -0.493 e. The molecule has 1 N–H and O–H groups in total. The van der Waals surface area contributed by atoms with Crippen LogP contribution in [0.4, 0.5) is 5.69 Å². The maximum Gasteiger partial charge on any atom is 0.286 e. The van der Waals surface area contributed by atoms with Gasteiger partial charge in [-0.1, -0.05) is 6.92 Å². The van der Waals surface area contributed by atoms with E-state index < -0.39 is 10.8 Å². The lowest BCUT2D eigenvalue weighted by atomic mass is 10.1. The summed E-state index contributed by atoms with van der Waals surface area (Å²) in [7, 11) is 1.39. The van der Waals surface area contributed by atoms with E-state index in [2.05, 4.69) is 5.32 Å². The topological polar surface area (TPSA) is 90.7 Å². The molecule has 7 nitrogen and oxygen atoms in total. The quantitative estimate of drug-likeness (QED) is 0.611. The molecule has 0 atom stereocenters. The predicted octanol–water partition coefficient (Wildman–Crippen LogP) is 2.14. The first kappa shape index (κ1) is 15.7. The molecular weight excluding hydrogens is 264 g/mol. The summed E-state index contributed by atoms with van der Waals surface area (Å²) in [6, 6.07) is 2.54. The zero-order valence-corrected chi connectivity index (χ0v) is 11.8. The Labute approximate surface area is 117 Å². The second-order valence-electron chi connectivity index (χ2n) is 3.97. The number of methoxy groups -OCH3 is 1. The van der Waals surface area contributed by atoms with Gasteiger partial charge in [-0.2, -0.15) is 0 Å². The van der Waals surface area contributed by atoms with E-state index in [9.17, 15) is 14.9 Å². The number of carbonyl (C=O) groups excluding carboxylic acids is 1. The van der Waals surface area contributed by atoms with Gasteiger partial charge in [0, 0.05) is 12.6 Å². The van der Waals surface area contributed by atoms with Crippen LogP contribution in [0, 0.1) is 10.1 Å². The lowest BCUT2D eigenvalue weighted by Crippen LogP contribution is -2.25. The lowest BCUT2D eigenvalue weighted by molar-refractivity contribution is -0.385. The molecule has 0 unspecified atom stereocenters. The summed E-state index contributed by atoms with van der Waals surface area (Å²) in [6.45, 7) is 4.49. The summed E-state index contributed by atoms with van der Waals surface area (Å²) in [5.41, 5.74) is -0.341. The van der Waals surface area contributed by atoms with Gasteiger partial charge in [0.05, 0.1) is 24.7 Å². The van der Waals surface area contributed by atoms with Gasteiger partial charge >= 0.3 is 0 Å². The molecule has 0 radical (unpaired) electrons. The van der Waals surface area contributed by atoms with Crippen molar-refractivity contribution in [1.82, 2.24) is 5.32 Å². The maximum absolute atomic E-state index is 12.0. The van der Waals surface area contributed by atoms with Gasteiger partial charge in [-0.25, -0.2) is 0 Å². The minimum atomic E-state index is -0.612. The van der Waals surface area contributed by atoms with Crippen molar-refractivity contribution in [2.75, 3.05) is 20.3 Å². The first-order valence-electron chi connectivity index (χ1n) is 6.32. The van der Waals surface area contributed by atoms with Crippen molar-refractivity contribution in [2.45, 2.75) is 20.3 Å². The summed E-state index contributed by atoms with van der Waals surface area (Å²) in [4.78, 5) is 22.4.